The van der Waals surface area contributed by atoms with Gasteiger partial charge in [-0.15, -0.1) is 0 Å². The van der Waals surface area contributed by atoms with Crippen molar-refractivity contribution < 1.29 is 34.5 Å². The number of benzene rings is 1. The third-order valence-electron chi connectivity index (χ3n) is 5.56. The van der Waals surface area contributed by atoms with Crippen LogP contribution in [0, 0.1) is 6.92 Å². The van der Waals surface area contributed by atoms with Gasteiger partial charge in [-0.05, 0) is 25.5 Å². The molecule has 1 amide bonds. The van der Waals surface area contributed by atoms with E-state index in [1.54, 1.807) is 26.8 Å². The molecular weight excluding hydrogens is 432 g/mol. The minimum atomic E-state index is -1.08. The van der Waals surface area contributed by atoms with Crippen LogP contribution in [0.15, 0.2) is 24.3 Å². The molecule has 0 aliphatic carbocycles. The van der Waals surface area contributed by atoms with Crippen molar-refractivity contribution in [3.05, 3.63) is 29.8 Å². The number of carbonyl (C=O) groups excluding carboxylic acids is 1. The summed E-state index contributed by atoms with van der Waals surface area (Å²) in [7, 11) is 0. The molecule has 11 heteroatoms. The van der Waals surface area contributed by atoms with Crippen molar-refractivity contribution in [3.8, 4) is 0 Å². The number of anilines is 1. The van der Waals surface area contributed by atoms with Crippen molar-refractivity contribution in [1.82, 2.24) is 14.7 Å². The van der Waals surface area contributed by atoms with Gasteiger partial charge in [0.2, 0.25) is 5.91 Å². The number of carboxylic acids is 3. The molecule has 0 spiro atoms. The van der Waals surface area contributed by atoms with Gasteiger partial charge in [0.1, 0.15) is 6.04 Å². The lowest BCUT2D eigenvalue weighted by Gasteiger charge is -2.30. The summed E-state index contributed by atoms with van der Waals surface area (Å²) in [4.78, 5) is 51.8. The zero-order chi connectivity index (χ0) is 24.4. The molecular formula is C22H32N4O7. The van der Waals surface area contributed by atoms with Crippen LogP contribution >= 0.6 is 0 Å². The van der Waals surface area contributed by atoms with Crippen LogP contribution in [0.25, 0.3) is 0 Å². The fraction of sp³-hybridized carbons (Fsp3) is 0.545. The molecule has 2 rings (SSSR count). The maximum atomic E-state index is 12.4. The van der Waals surface area contributed by atoms with Crippen LogP contribution in [-0.4, -0.2) is 112 Å². The van der Waals surface area contributed by atoms with E-state index < -0.39 is 23.9 Å². The highest BCUT2D eigenvalue weighted by molar-refractivity contribution is 5.91. The van der Waals surface area contributed by atoms with Crippen LogP contribution in [0.3, 0.4) is 0 Å². The summed E-state index contributed by atoms with van der Waals surface area (Å²) in [6.45, 7) is 3.48. The first-order valence-corrected chi connectivity index (χ1v) is 10.9. The van der Waals surface area contributed by atoms with Gasteiger partial charge in [-0.2, -0.15) is 0 Å². The molecule has 1 heterocycles. The van der Waals surface area contributed by atoms with E-state index >= 15 is 0 Å². The number of hydrogen-bond donors (Lipinski definition) is 4. The molecule has 1 atom stereocenters. The van der Waals surface area contributed by atoms with Crippen molar-refractivity contribution in [2.24, 2.45) is 0 Å². The Labute approximate surface area is 192 Å². The number of nitrogens with one attached hydrogen (secondary N) is 1. The van der Waals surface area contributed by atoms with E-state index in [4.69, 9.17) is 10.2 Å². The fourth-order valence-corrected chi connectivity index (χ4v) is 3.76. The fourth-order valence-electron chi connectivity index (χ4n) is 3.76. The lowest BCUT2D eigenvalue weighted by atomic mass is 10.1. The Morgan fingerprint density at radius 2 is 1.33 bits per heavy atom. The highest BCUT2D eigenvalue weighted by atomic mass is 16.4. The van der Waals surface area contributed by atoms with Crippen LogP contribution in [0.4, 0.5) is 5.69 Å². The quantitative estimate of drug-likeness (QED) is 0.379. The number of nitrogens with zero attached hydrogens (tertiary/aromatic N) is 3. The zero-order valence-corrected chi connectivity index (χ0v) is 18.8. The molecule has 4 N–H and O–H groups in total. The summed E-state index contributed by atoms with van der Waals surface area (Å²) < 4.78 is 0. The van der Waals surface area contributed by atoms with Gasteiger partial charge in [0.05, 0.1) is 13.1 Å². The van der Waals surface area contributed by atoms with Crippen LogP contribution in [0.5, 0.6) is 0 Å². The molecule has 0 saturated carbocycles. The topological polar surface area (TPSA) is 151 Å². The largest absolute Gasteiger partial charge is 0.480 e. The van der Waals surface area contributed by atoms with Gasteiger partial charge in [0.15, 0.2) is 0 Å². The van der Waals surface area contributed by atoms with Crippen molar-refractivity contribution in [1.29, 1.82) is 0 Å². The van der Waals surface area contributed by atoms with Gasteiger partial charge < -0.3 is 20.6 Å². The monoisotopic (exact) mass is 464 g/mol. The van der Waals surface area contributed by atoms with Crippen LogP contribution < -0.4 is 5.32 Å². The van der Waals surface area contributed by atoms with E-state index in [0.717, 1.165) is 5.56 Å². The van der Waals surface area contributed by atoms with Crippen molar-refractivity contribution in [2.75, 3.05) is 57.7 Å². The minimum Gasteiger partial charge on any atom is -0.480 e. The van der Waals surface area contributed by atoms with E-state index in [1.807, 2.05) is 19.1 Å². The minimum absolute atomic E-state index is 0.000969. The van der Waals surface area contributed by atoms with Crippen molar-refractivity contribution >= 4 is 29.5 Å². The maximum absolute atomic E-state index is 12.4. The SMILES string of the molecule is Cc1ccc(NC(=O)CCC(C(=O)O)N2CCN(CC(=O)O)CCN(CC(=O)O)CC2)cc1. The smallest absolute Gasteiger partial charge is 0.320 e. The Morgan fingerprint density at radius 3 is 1.79 bits per heavy atom. The molecule has 1 aliphatic rings. The predicted octanol–water partition coefficient (Wildman–Crippen LogP) is 0.256. The van der Waals surface area contributed by atoms with Gasteiger partial charge in [0.25, 0.3) is 0 Å². The highest BCUT2D eigenvalue weighted by Gasteiger charge is 2.28. The summed E-state index contributed by atoms with van der Waals surface area (Å²) in [5.74, 6) is -3.39. The second-order valence-electron chi connectivity index (χ2n) is 8.18. The average molecular weight is 465 g/mol. The van der Waals surface area contributed by atoms with Crippen LogP contribution in [0.1, 0.15) is 18.4 Å². The second kappa shape index (κ2) is 12.9. The van der Waals surface area contributed by atoms with Gasteiger partial charge in [-0.1, -0.05) is 17.7 Å². The summed E-state index contributed by atoms with van der Waals surface area (Å²) in [6, 6.07) is 6.33. The Hall–Kier alpha value is -3.02. The number of aliphatic carboxylic acids is 3. The maximum Gasteiger partial charge on any atom is 0.320 e. The van der Waals surface area contributed by atoms with E-state index in [9.17, 15) is 24.3 Å². The number of carboxylic acid groups (broad SMARTS) is 3. The summed E-state index contributed by atoms with van der Waals surface area (Å²) >= 11 is 0. The zero-order valence-electron chi connectivity index (χ0n) is 18.8. The predicted molar refractivity (Wildman–Crippen MR) is 120 cm³/mol. The normalized spacial score (nSPS) is 17.4. The first-order valence-electron chi connectivity index (χ1n) is 10.9. The third kappa shape index (κ3) is 9.56. The number of aryl methyl sites for hydroxylation is 1. The molecule has 1 aromatic rings. The number of amides is 1. The number of hydrogen-bond acceptors (Lipinski definition) is 7. The van der Waals surface area contributed by atoms with Crippen LogP contribution in [-0.2, 0) is 19.2 Å². The second-order valence-corrected chi connectivity index (χ2v) is 8.18. The molecule has 1 aliphatic heterocycles. The van der Waals surface area contributed by atoms with Gasteiger partial charge in [-0.25, -0.2) is 0 Å². The Bertz CT molecular complexity index is 803. The third-order valence-corrected chi connectivity index (χ3v) is 5.56. The lowest BCUT2D eigenvalue weighted by Crippen LogP contribution is -2.47. The molecule has 0 aromatic heterocycles. The molecule has 1 unspecified atom stereocenters. The van der Waals surface area contributed by atoms with E-state index in [0.29, 0.717) is 45.0 Å². The molecule has 0 bridgehead atoms. The van der Waals surface area contributed by atoms with E-state index in [-0.39, 0.29) is 31.8 Å². The van der Waals surface area contributed by atoms with Gasteiger partial charge in [0, 0.05) is 51.4 Å². The summed E-state index contributed by atoms with van der Waals surface area (Å²) in [5, 5.41) is 30.9. The molecule has 1 aromatic carbocycles. The van der Waals surface area contributed by atoms with Gasteiger partial charge in [-0.3, -0.25) is 33.9 Å². The summed E-state index contributed by atoms with van der Waals surface area (Å²) in [5.41, 5.74) is 1.69. The lowest BCUT2D eigenvalue weighted by molar-refractivity contribution is -0.144. The van der Waals surface area contributed by atoms with E-state index in [1.165, 1.54) is 0 Å². The molecule has 1 fully saturated rings. The number of carbonyl (C=O) groups is 4. The van der Waals surface area contributed by atoms with Crippen LogP contribution in [0.2, 0.25) is 0 Å². The molecule has 0 radical (unpaired) electrons. The highest BCUT2D eigenvalue weighted by Crippen LogP contribution is 2.13. The average Bonchev–Trinajstić information content (AvgIpc) is 2.81. The first kappa shape index (κ1) is 26.2. The van der Waals surface area contributed by atoms with Crippen molar-refractivity contribution in [2.45, 2.75) is 25.8 Å². The molecule has 33 heavy (non-hydrogen) atoms. The molecule has 1 saturated heterocycles. The Kier molecular flexibility index (Phi) is 10.2. The Balaban J connectivity index is 2.05. The number of rotatable bonds is 10. The van der Waals surface area contributed by atoms with Gasteiger partial charge >= 0.3 is 17.9 Å². The standard InChI is InChI=1S/C22H32N4O7/c1-16-2-4-17(5-3-16)23-19(27)7-6-18(22(32)33)26-12-10-24(14-20(28)29)8-9-25(11-13-26)15-21(30)31/h2-5,18H,6-15H2,1H3,(H,23,27)(H,28,29)(H,30,31)(H,32,33). The molecule has 182 valence electrons. The van der Waals surface area contributed by atoms with Crippen molar-refractivity contribution in [3.63, 3.8) is 0 Å². The summed E-state index contributed by atoms with van der Waals surface area (Å²) in [6.07, 6.45) is 0.0733. The van der Waals surface area contributed by atoms with E-state index in [2.05, 4.69) is 5.32 Å². The molecule has 11 nitrogen and oxygen atoms in total. The first-order chi connectivity index (χ1) is 15.6. The Morgan fingerprint density at radius 1 is 0.848 bits per heavy atom.